The van der Waals surface area contributed by atoms with E-state index in [9.17, 15) is 13.6 Å². The van der Waals surface area contributed by atoms with Gasteiger partial charge in [-0.3, -0.25) is 0 Å². The minimum atomic E-state index is -1.02. The fraction of sp³-hybridized carbons (Fsp3) is 0. The van der Waals surface area contributed by atoms with E-state index < -0.39 is 17.7 Å². The number of benzene rings is 2. The van der Waals surface area contributed by atoms with Crippen molar-refractivity contribution in [1.29, 1.82) is 0 Å². The number of anilines is 3. The molecule has 0 saturated carbocycles. The molecule has 2 amide bonds. The van der Waals surface area contributed by atoms with E-state index in [1.54, 1.807) is 24.3 Å². The van der Waals surface area contributed by atoms with Gasteiger partial charge in [-0.15, -0.1) is 0 Å². The summed E-state index contributed by atoms with van der Waals surface area (Å²) >= 11 is 0. The minimum Gasteiger partial charge on any atom is -0.399 e. The maximum Gasteiger partial charge on any atom is 0.323 e. The first kappa shape index (κ1) is 12.8. The van der Waals surface area contributed by atoms with Crippen LogP contribution < -0.4 is 16.4 Å². The Kier molecular flexibility index (Phi) is 3.61. The standard InChI is InChI=1S/C13H11F2N3O/c14-11-6-5-10(7-12(11)15)18-13(19)17-9-3-1-8(16)2-4-9/h1-7H,16H2,(H2,17,18,19). The van der Waals surface area contributed by atoms with Gasteiger partial charge in [0.1, 0.15) is 0 Å². The average molecular weight is 263 g/mol. The molecular weight excluding hydrogens is 252 g/mol. The lowest BCUT2D eigenvalue weighted by Gasteiger charge is -2.08. The number of carbonyl (C=O) groups excluding carboxylic acids is 1. The Morgan fingerprint density at radius 1 is 0.895 bits per heavy atom. The van der Waals surface area contributed by atoms with Crippen LogP contribution in [-0.4, -0.2) is 6.03 Å². The molecule has 2 aromatic rings. The molecule has 0 fully saturated rings. The van der Waals surface area contributed by atoms with Gasteiger partial charge in [-0.05, 0) is 36.4 Å². The van der Waals surface area contributed by atoms with E-state index in [-0.39, 0.29) is 5.69 Å². The number of hydrogen-bond donors (Lipinski definition) is 3. The second kappa shape index (κ2) is 5.34. The number of nitrogens with two attached hydrogens (primary N) is 1. The van der Waals surface area contributed by atoms with Crippen molar-refractivity contribution in [3.8, 4) is 0 Å². The smallest absolute Gasteiger partial charge is 0.323 e. The Morgan fingerprint density at radius 2 is 1.47 bits per heavy atom. The van der Waals surface area contributed by atoms with Gasteiger partial charge in [-0.25, -0.2) is 13.6 Å². The molecule has 0 aliphatic rings. The van der Waals surface area contributed by atoms with Crippen molar-refractivity contribution in [3.63, 3.8) is 0 Å². The fourth-order valence-corrected chi connectivity index (χ4v) is 1.43. The molecule has 19 heavy (non-hydrogen) atoms. The van der Waals surface area contributed by atoms with Crippen LogP contribution >= 0.6 is 0 Å². The lowest BCUT2D eigenvalue weighted by molar-refractivity contribution is 0.262. The van der Waals surface area contributed by atoms with E-state index in [4.69, 9.17) is 5.73 Å². The topological polar surface area (TPSA) is 67.1 Å². The molecule has 4 nitrogen and oxygen atoms in total. The van der Waals surface area contributed by atoms with E-state index in [1.165, 1.54) is 6.07 Å². The summed E-state index contributed by atoms with van der Waals surface area (Å²) in [7, 11) is 0. The maximum absolute atomic E-state index is 12.9. The third-order valence-corrected chi connectivity index (χ3v) is 2.35. The van der Waals surface area contributed by atoms with E-state index in [0.717, 1.165) is 12.1 Å². The van der Waals surface area contributed by atoms with E-state index in [2.05, 4.69) is 10.6 Å². The van der Waals surface area contributed by atoms with Crippen molar-refractivity contribution in [2.24, 2.45) is 0 Å². The minimum absolute atomic E-state index is 0.159. The zero-order chi connectivity index (χ0) is 13.8. The second-order valence-electron chi connectivity index (χ2n) is 3.83. The highest BCUT2D eigenvalue weighted by Crippen LogP contribution is 2.14. The van der Waals surface area contributed by atoms with Crippen LogP contribution in [0.1, 0.15) is 0 Å². The molecule has 6 heteroatoms. The van der Waals surface area contributed by atoms with Gasteiger partial charge < -0.3 is 16.4 Å². The van der Waals surface area contributed by atoms with Crippen LogP contribution in [0.2, 0.25) is 0 Å². The summed E-state index contributed by atoms with van der Waals surface area (Å²) < 4.78 is 25.6. The van der Waals surface area contributed by atoms with Gasteiger partial charge in [0.25, 0.3) is 0 Å². The van der Waals surface area contributed by atoms with Gasteiger partial charge in [-0.1, -0.05) is 0 Å². The highest BCUT2D eigenvalue weighted by Gasteiger charge is 2.06. The van der Waals surface area contributed by atoms with Crippen LogP contribution in [0.3, 0.4) is 0 Å². The average Bonchev–Trinajstić information content (AvgIpc) is 2.37. The van der Waals surface area contributed by atoms with E-state index in [1.807, 2.05) is 0 Å². The molecule has 4 N–H and O–H groups in total. The fourth-order valence-electron chi connectivity index (χ4n) is 1.43. The van der Waals surface area contributed by atoms with Crippen LogP contribution in [0.15, 0.2) is 42.5 Å². The number of rotatable bonds is 2. The molecular formula is C13H11F2N3O. The van der Waals surface area contributed by atoms with Crippen molar-refractivity contribution < 1.29 is 13.6 Å². The van der Waals surface area contributed by atoms with Crippen molar-refractivity contribution in [2.45, 2.75) is 0 Å². The zero-order valence-corrected chi connectivity index (χ0v) is 9.78. The van der Waals surface area contributed by atoms with Crippen LogP contribution in [0.25, 0.3) is 0 Å². The molecule has 0 spiro atoms. The first-order valence-corrected chi connectivity index (χ1v) is 5.43. The number of hydrogen-bond acceptors (Lipinski definition) is 2. The summed E-state index contributed by atoms with van der Waals surface area (Å²) in [6, 6.07) is 9.06. The third-order valence-electron chi connectivity index (χ3n) is 2.35. The molecule has 2 rings (SSSR count). The van der Waals surface area contributed by atoms with Crippen molar-refractivity contribution in [3.05, 3.63) is 54.1 Å². The van der Waals surface area contributed by atoms with Gasteiger partial charge in [0.05, 0.1) is 0 Å². The highest BCUT2D eigenvalue weighted by molar-refractivity contribution is 5.99. The molecule has 0 aliphatic heterocycles. The Hall–Kier alpha value is -2.63. The zero-order valence-electron chi connectivity index (χ0n) is 9.78. The van der Waals surface area contributed by atoms with Gasteiger partial charge in [0, 0.05) is 23.1 Å². The quantitative estimate of drug-likeness (QED) is 0.728. The van der Waals surface area contributed by atoms with Crippen LogP contribution in [-0.2, 0) is 0 Å². The van der Waals surface area contributed by atoms with E-state index in [0.29, 0.717) is 11.4 Å². The molecule has 0 aromatic heterocycles. The lowest BCUT2D eigenvalue weighted by atomic mass is 10.3. The van der Waals surface area contributed by atoms with Gasteiger partial charge in [0.15, 0.2) is 11.6 Å². The Bertz CT molecular complexity index is 599. The van der Waals surface area contributed by atoms with Crippen LogP contribution in [0, 0.1) is 11.6 Å². The first-order valence-electron chi connectivity index (χ1n) is 5.43. The molecule has 2 aromatic carbocycles. The summed E-state index contributed by atoms with van der Waals surface area (Å²) in [5, 5.41) is 4.91. The van der Waals surface area contributed by atoms with Gasteiger partial charge >= 0.3 is 6.03 Å². The molecule has 0 heterocycles. The number of urea groups is 1. The highest BCUT2D eigenvalue weighted by atomic mass is 19.2. The Balaban J connectivity index is 2.01. The number of halogens is 2. The molecule has 0 atom stereocenters. The molecule has 0 aliphatic carbocycles. The van der Waals surface area contributed by atoms with Crippen molar-refractivity contribution in [2.75, 3.05) is 16.4 Å². The molecule has 0 bridgehead atoms. The molecule has 0 saturated heterocycles. The Labute approximate surface area is 108 Å². The predicted octanol–water partition coefficient (Wildman–Crippen LogP) is 3.19. The molecule has 0 radical (unpaired) electrons. The summed E-state index contributed by atoms with van der Waals surface area (Å²) in [6.45, 7) is 0. The SMILES string of the molecule is Nc1ccc(NC(=O)Nc2ccc(F)c(F)c2)cc1. The summed E-state index contributed by atoms with van der Waals surface area (Å²) in [6.07, 6.45) is 0. The Morgan fingerprint density at radius 3 is 2.11 bits per heavy atom. The number of carbonyl (C=O) groups is 1. The van der Waals surface area contributed by atoms with Crippen molar-refractivity contribution >= 4 is 23.1 Å². The maximum atomic E-state index is 12.9. The summed E-state index contributed by atoms with van der Waals surface area (Å²) in [5.41, 5.74) is 6.78. The molecule has 0 unspecified atom stereocenters. The van der Waals surface area contributed by atoms with Gasteiger partial charge in [-0.2, -0.15) is 0 Å². The monoisotopic (exact) mass is 263 g/mol. The third kappa shape index (κ3) is 3.41. The second-order valence-corrected chi connectivity index (χ2v) is 3.83. The summed E-state index contributed by atoms with van der Waals surface area (Å²) in [5.74, 6) is -1.99. The lowest BCUT2D eigenvalue weighted by Crippen LogP contribution is -2.19. The molecule has 98 valence electrons. The van der Waals surface area contributed by atoms with Crippen LogP contribution in [0.4, 0.5) is 30.6 Å². The summed E-state index contributed by atoms with van der Waals surface area (Å²) in [4.78, 5) is 11.6. The number of nitrogen functional groups attached to an aromatic ring is 1. The van der Waals surface area contributed by atoms with Crippen LogP contribution in [0.5, 0.6) is 0 Å². The van der Waals surface area contributed by atoms with Gasteiger partial charge in [0.2, 0.25) is 0 Å². The van der Waals surface area contributed by atoms with Crippen molar-refractivity contribution in [1.82, 2.24) is 0 Å². The van der Waals surface area contributed by atoms with E-state index >= 15 is 0 Å². The number of amides is 2. The predicted molar refractivity (Wildman–Crippen MR) is 69.9 cm³/mol. The largest absolute Gasteiger partial charge is 0.399 e. The number of nitrogens with one attached hydrogen (secondary N) is 2. The normalized spacial score (nSPS) is 10.0. The first-order chi connectivity index (χ1) is 9.04.